The summed E-state index contributed by atoms with van der Waals surface area (Å²) in [6.07, 6.45) is 4.03. The van der Waals surface area contributed by atoms with Crippen LogP contribution < -0.4 is 11.3 Å². The van der Waals surface area contributed by atoms with Crippen molar-refractivity contribution in [1.29, 1.82) is 0 Å². The second-order valence-corrected chi connectivity index (χ2v) is 9.92. The van der Waals surface area contributed by atoms with Gasteiger partial charge in [-0.25, -0.2) is 18.4 Å². The van der Waals surface area contributed by atoms with Gasteiger partial charge in [0.15, 0.2) is 21.0 Å². The van der Waals surface area contributed by atoms with Gasteiger partial charge in [0.25, 0.3) is 5.56 Å². The summed E-state index contributed by atoms with van der Waals surface area (Å²) >= 11 is 0. The summed E-state index contributed by atoms with van der Waals surface area (Å²) in [5.41, 5.74) is 8.20. The van der Waals surface area contributed by atoms with Crippen molar-refractivity contribution in [3.8, 4) is 22.5 Å². The van der Waals surface area contributed by atoms with Gasteiger partial charge in [-0.1, -0.05) is 36.4 Å². The molecule has 1 amide bonds. The Labute approximate surface area is 200 Å². The number of nitrogens with zero attached hydrogens (tertiary/aromatic N) is 4. The summed E-state index contributed by atoms with van der Waals surface area (Å²) in [7, 11) is -3.41. The van der Waals surface area contributed by atoms with Crippen LogP contribution in [0.25, 0.3) is 33.7 Å². The average molecular weight is 486 g/mol. The fraction of sp³-hybridized carbons (Fsp3) is 0.0400. The van der Waals surface area contributed by atoms with Crippen molar-refractivity contribution >= 4 is 26.9 Å². The SMILES string of the molecule is CS(=O)(=O)c1ccccc1-c1ccc(-n2cnc3ncn(-c4cccc(C(N)=O)c4)c3c2=O)cc1. The highest BCUT2D eigenvalue weighted by atomic mass is 32.2. The molecule has 0 aliphatic rings. The fourth-order valence-electron chi connectivity index (χ4n) is 3.93. The number of aromatic nitrogens is 4. The third-order valence-corrected chi connectivity index (χ3v) is 6.77. The lowest BCUT2D eigenvalue weighted by atomic mass is 10.1. The van der Waals surface area contributed by atoms with E-state index in [9.17, 15) is 18.0 Å². The number of rotatable bonds is 5. The van der Waals surface area contributed by atoms with E-state index in [1.54, 1.807) is 77.4 Å². The molecule has 2 N–H and O–H groups in total. The van der Waals surface area contributed by atoms with Crippen LogP contribution >= 0.6 is 0 Å². The van der Waals surface area contributed by atoms with E-state index >= 15 is 0 Å². The van der Waals surface area contributed by atoms with E-state index in [1.807, 2.05) is 0 Å². The predicted octanol–water partition coefficient (Wildman–Crippen LogP) is 2.74. The zero-order chi connectivity index (χ0) is 24.7. The van der Waals surface area contributed by atoms with Crippen molar-refractivity contribution in [2.75, 3.05) is 6.26 Å². The first-order valence-electron chi connectivity index (χ1n) is 10.5. The van der Waals surface area contributed by atoms with Gasteiger partial charge in [-0.15, -0.1) is 0 Å². The third-order valence-electron chi connectivity index (χ3n) is 5.62. The Morgan fingerprint density at radius 2 is 1.54 bits per heavy atom. The number of primary amides is 1. The first kappa shape index (κ1) is 22.2. The number of imidazole rings is 1. The highest BCUT2D eigenvalue weighted by molar-refractivity contribution is 7.90. The van der Waals surface area contributed by atoms with Crippen LogP contribution in [0.1, 0.15) is 10.4 Å². The molecule has 0 radical (unpaired) electrons. The molecule has 10 heteroatoms. The molecule has 0 atom stereocenters. The van der Waals surface area contributed by atoms with Gasteiger partial charge in [-0.3, -0.25) is 18.7 Å². The molecule has 0 bridgehead atoms. The van der Waals surface area contributed by atoms with Crippen LogP contribution in [0, 0.1) is 0 Å². The Morgan fingerprint density at radius 3 is 2.23 bits per heavy atom. The molecule has 0 aliphatic heterocycles. The van der Waals surface area contributed by atoms with E-state index in [-0.39, 0.29) is 21.6 Å². The minimum Gasteiger partial charge on any atom is -0.366 e. The lowest BCUT2D eigenvalue weighted by Crippen LogP contribution is -2.20. The minimum absolute atomic E-state index is 0.232. The van der Waals surface area contributed by atoms with Crippen LogP contribution in [0.5, 0.6) is 0 Å². The smallest absolute Gasteiger partial charge is 0.284 e. The van der Waals surface area contributed by atoms with Crippen LogP contribution in [0.15, 0.2) is 95.1 Å². The van der Waals surface area contributed by atoms with E-state index in [4.69, 9.17) is 5.73 Å². The van der Waals surface area contributed by atoms with Gasteiger partial charge < -0.3 is 5.73 Å². The fourth-order valence-corrected chi connectivity index (χ4v) is 4.84. The summed E-state index contributed by atoms with van der Waals surface area (Å²) in [4.78, 5) is 33.8. The topological polar surface area (TPSA) is 130 Å². The van der Waals surface area contributed by atoms with Gasteiger partial charge in [0.05, 0.1) is 10.6 Å². The quantitative estimate of drug-likeness (QED) is 0.407. The second kappa shape index (κ2) is 8.33. The lowest BCUT2D eigenvalue weighted by Gasteiger charge is -2.11. The normalized spacial score (nSPS) is 11.6. The lowest BCUT2D eigenvalue weighted by molar-refractivity contribution is 0.1000. The molecule has 0 aliphatic carbocycles. The van der Waals surface area contributed by atoms with Crippen LogP contribution in [0.4, 0.5) is 0 Å². The maximum atomic E-state index is 13.4. The first-order chi connectivity index (χ1) is 16.7. The zero-order valence-corrected chi connectivity index (χ0v) is 19.3. The Balaban J connectivity index is 1.60. The maximum absolute atomic E-state index is 13.4. The van der Waals surface area contributed by atoms with Crippen LogP contribution in [0.3, 0.4) is 0 Å². The summed E-state index contributed by atoms with van der Waals surface area (Å²) < 4.78 is 27.3. The van der Waals surface area contributed by atoms with Crippen molar-refractivity contribution < 1.29 is 13.2 Å². The van der Waals surface area contributed by atoms with Gasteiger partial charge >= 0.3 is 0 Å². The van der Waals surface area contributed by atoms with Gasteiger partial charge in [0.2, 0.25) is 5.91 Å². The number of fused-ring (bicyclic) bond motifs is 1. The van der Waals surface area contributed by atoms with E-state index < -0.39 is 15.7 Å². The van der Waals surface area contributed by atoms with E-state index in [2.05, 4.69) is 9.97 Å². The van der Waals surface area contributed by atoms with Gasteiger partial charge in [0.1, 0.15) is 12.7 Å². The Hall–Kier alpha value is -4.57. The number of sulfone groups is 1. The summed E-state index contributed by atoms with van der Waals surface area (Å²) in [6.45, 7) is 0. The van der Waals surface area contributed by atoms with Crippen molar-refractivity contribution in [2.24, 2.45) is 5.73 Å². The molecule has 9 nitrogen and oxygen atoms in total. The number of carbonyl (C=O) groups is 1. The molecule has 0 spiro atoms. The van der Waals surface area contributed by atoms with Gasteiger partial charge in [-0.05, 0) is 42.0 Å². The largest absolute Gasteiger partial charge is 0.366 e. The molecule has 5 rings (SSSR count). The summed E-state index contributed by atoms with van der Waals surface area (Å²) in [5.74, 6) is -0.579. The molecule has 0 unspecified atom stereocenters. The number of hydrogen-bond acceptors (Lipinski definition) is 6. The number of nitrogens with two attached hydrogens (primary N) is 1. The van der Waals surface area contributed by atoms with Gasteiger partial charge in [0, 0.05) is 23.1 Å². The van der Waals surface area contributed by atoms with Crippen LogP contribution in [-0.4, -0.2) is 39.7 Å². The monoisotopic (exact) mass is 485 g/mol. The first-order valence-corrected chi connectivity index (χ1v) is 12.4. The zero-order valence-electron chi connectivity index (χ0n) is 18.5. The van der Waals surface area contributed by atoms with Crippen molar-refractivity contribution in [2.45, 2.75) is 4.90 Å². The van der Waals surface area contributed by atoms with Crippen LogP contribution in [0.2, 0.25) is 0 Å². The molecule has 5 aromatic rings. The molecule has 0 fully saturated rings. The van der Waals surface area contributed by atoms with Gasteiger partial charge in [-0.2, -0.15) is 0 Å². The van der Waals surface area contributed by atoms with E-state index in [0.29, 0.717) is 28.1 Å². The second-order valence-electron chi connectivity index (χ2n) is 7.94. The third kappa shape index (κ3) is 4.00. The average Bonchev–Trinajstić information content (AvgIpc) is 3.29. The standard InChI is InChI=1S/C25H19N5O4S/c1-35(33,34)21-8-3-2-7-20(21)16-9-11-18(12-10-16)30-15-28-24-22(25(30)32)29(14-27-24)19-6-4-5-17(13-19)23(26)31/h2-15H,1H3,(H2,26,31). The Bertz CT molecular complexity index is 1770. The number of hydrogen-bond donors (Lipinski definition) is 1. The van der Waals surface area contributed by atoms with Crippen LogP contribution in [-0.2, 0) is 9.84 Å². The maximum Gasteiger partial charge on any atom is 0.284 e. The molecule has 2 aromatic heterocycles. The molecular formula is C25H19N5O4S. The molecular weight excluding hydrogens is 466 g/mol. The molecule has 35 heavy (non-hydrogen) atoms. The van der Waals surface area contributed by atoms with Crippen molar-refractivity contribution in [3.05, 3.63) is 101 Å². The molecule has 0 saturated heterocycles. The highest BCUT2D eigenvalue weighted by Crippen LogP contribution is 2.28. The predicted molar refractivity (Wildman–Crippen MR) is 132 cm³/mol. The van der Waals surface area contributed by atoms with E-state index in [1.165, 1.54) is 23.5 Å². The molecule has 2 heterocycles. The highest BCUT2D eigenvalue weighted by Gasteiger charge is 2.16. The Kier molecular flexibility index (Phi) is 5.29. The molecule has 3 aromatic carbocycles. The molecule has 0 saturated carbocycles. The summed E-state index contributed by atoms with van der Waals surface area (Å²) in [6, 6.07) is 20.3. The molecule has 174 valence electrons. The number of benzene rings is 3. The minimum atomic E-state index is -3.41. The number of carbonyl (C=O) groups excluding carboxylic acids is 1. The van der Waals surface area contributed by atoms with Crippen molar-refractivity contribution in [3.63, 3.8) is 0 Å². The Morgan fingerprint density at radius 1 is 0.857 bits per heavy atom. The van der Waals surface area contributed by atoms with Crippen molar-refractivity contribution in [1.82, 2.24) is 19.1 Å². The van der Waals surface area contributed by atoms with E-state index in [0.717, 1.165) is 0 Å². The number of amides is 1. The summed E-state index contributed by atoms with van der Waals surface area (Å²) in [5, 5.41) is 0.